The predicted octanol–water partition coefficient (Wildman–Crippen LogP) is 5.33. The number of pyridine rings is 1. The molecule has 2 aromatic carbocycles. The predicted molar refractivity (Wildman–Crippen MR) is 123 cm³/mol. The molecular formula is C26H29N4+. The first-order chi connectivity index (χ1) is 14.6. The number of anilines is 1. The summed E-state index contributed by atoms with van der Waals surface area (Å²) in [5, 5.41) is 13.7. The molecule has 2 heterocycles. The molecule has 0 fully saturated rings. The molecular weight excluding hydrogens is 368 g/mol. The SMILES string of the molecule is Cc1c(CCC(C)C)c(NCCc2ccccc2)[n+]2c([nH]c3ccccc32)c1C#N. The second-order valence-corrected chi connectivity index (χ2v) is 8.36. The number of hydrogen-bond acceptors (Lipinski definition) is 2. The van der Waals surface area contributed by atoms with Gasteiger partial charge in [0, 0.05) is 12.0 Å². The van der Waals surface area contributed by atoms with E-state index in [0.29, 0.717) is 5.92 Å². The minimum Gasteiger partial charge on any atom is -0.305 e. The highest BCUT2D eigenvalue weighted by atomic mass is 15.1. The number of rotatable bonds is 7. The molecule has 0 aliphatic rings. The van der Waals surface area contributed by atoms with Crippen molar-refractivity contribution in [3.05, 3.63) is 76.9 Å². The summed E-state index contributed by atoms with van der Waals surface area (Å²) < 4.78 is 2.21. The molecule has 2 N–H and O–H groups in total. The Balaban J connectivity index is 1.85. The van der Waals surface area contributed by atoms with E-state index in [9.17, 15) is 5.26 Å². The lowest BCUT2D eigenvalue weighted by Gasteiger charge is -2.15. The maximum Gasteiger partial charge on any atom is 0.250 e. The molecule has 0 amide bonds. The molecule has 0 aliphatic heterocycles. The van der Waals surface area contributed by atoms with Crippen molar-refractivity contribution in [3.63, 3.8) is 0 Å². The average Bonchev–Trinajstić information content (AvgIpc) is 3.13. The van der Waals surface area contributed by atoms with E-state index in [1.807, 2.05) is 6.07 Å². The molecule has 0 saturated heterocycles. The van der Waals surface area contributed by atoms with Crippen molar-refractivity contribution in [2.75, 3.05) is 11.9 Å². The van der Waals surface area contributed by atoms with Gasteiger partial charge in [0.2, 0.25) is 11.5 Å². The maximum absolute atomic E-state index is 9.96. The fourth-order valence-electron chi connectivity index (χ4n) is 4.16. The Morgan fingerprint density at radius 1 is 1.03 bits per heavy atom. The number of nitriles is 1. The molecule has 0 aliphatic carbocycles. The number of hydrogen-bond donors (Lipinski definition) is 2. The van der Waals surface area contributed by atoms with Gasteiger partial charge < -0.3 is 5.32 Å². The Bertz CT molecular complexity index is 1210. The second-order valence-electron chi connectivity index (χ2n) is 8.36. The molecule has 4 heteroatoms. The van der Waals surface area contributed by atoms with Crippen LogP contribution in [-0.2, 0) is 12.8 Å². The van der Waals surface area contributed by atoms with Gasteiger partial charge in [-0.25, -0.2) is 0 Å². The molecule has 4 aromatic rings. The molecule has 0 radical (unpaired) electrons. The number of nitrogens with one attached hydrogen (secondary N) is 2. The van der Waals surface area contributed by atoms with Gasteiger partial charge in [-0.3, -0.25) is 4.98 Å². The smallest absolute Gasteiger partial charge is 0.250 e. The van der Waals surface area contributed by atoms with E-state index in [0.717, 1.165) is 59.4 Å². The van der Waals surface area contributed by atoms with Crippen LogP contribution in [0.15, 0.2) is 54.6 Å². The van der Waals surface area contributed by atoms with Gasteiger partial charge in [0.1, 0.15) is 22.7 Å². The summed E-state index contributed by atoms with van der Waals surface area (Å²) in [7, 11) is 0. The molecule has 0 unspecified atom stereocenters. The lowest BCUT2D eigenvalue weighted by Crippen LogP contribution is -2.30. The molecule has 2 aromatic heterocycles. The van der Waals surface area contributed by atoms with E-state index in [4.69, 9.17) is 0 Å². The average molecular weight is 398 g/mol. The van der Waals surface area contributed by atoms with Crippen LogP contribution < -0.4 is 9.72 Å². The lowest BCUT2D eigenvalue weighted by atomic mass is 9.96. The highest BCUT2D eigenvalue weighted by molar-refractivity contribution is 5.78. The number of para-hydroxylation sites is 2. The number of imidazole rings is 1. The van der Waals surface area contributed by atoms with Gasteiger partial charge in [-0.05, 0) is 48.9 Å². The normalized spacial score (nSPS) is 11.3. The van der Waals surface area contributed by atoms with Crippen molar-refractivity contribution in [1.29, 1.82) is 5.26 Å². The molecule has 4 rings (SSSR count). The standard InChI is InChI=1S/C26H28N4/c1-18(2)13-14-21-19(3)22(17-27)26-29-23-11-7-8-12-24(23)30(26)25(21)28-16-15-20-9-5-4-6-10-20/h4-12,18H,13-16H2,1-3H3,(H,28,29)/p+1. The van der Waals surface area contributed by atoms with E-state index in [1.165, 1.54) is 11.1 Å². The number of H-pyrrole nitrogens is 1. The molecule has 30 heavy (non-hydrogen) atoms. The Hall–Kier alpha value is -3.32. The van der Waals surface area contributed by atoms with E-state index in [1.54, 1.807) is 0 Å². The quantitative estimate of drug-likeness (QED) is 0.414. The van der Waals surface area contributed by atoms with Crippen LogP contribution in [-0.4, -0.2) is 11.5 Å². The van der Waals surface area contributed by atoms with E-state index < -0.39 is 0 Å². The summed E-state index contributed by atoms with van der Waals surface area (Å²) in [6.07, 6.45) is 3.00. The zero-order valence-corrected chi connectivity index (χ0v) is 18.0. The monoisotopic (exact) mass is 397 g/mol. The first-order valence-electron chi connectivity index (χ1n) is 10.8. The van der Waals surface area contributed by atoms with Crippen molar-refractivity contribution in [2.45, 2.75) is 40.0 Å². The molecule has 0 spiro atoms. The number of aromatic amines is 1. The fraction of sp³-hybridized carbons (Fsp3) is 0.308. The summed E-state index contributed by atoms with van der Waals surface area (Å²) in [4.78, 5) is 3.48. The summed E-state index contributed by atoms with van der Waals surface area (Å²) in [6.45, 7) is 7.43. The fourth-order valence-corrected chi connectivity index (χ4v) is 4.16. The van der Waals surface area contributed by atoms with E-state index in [-0.39, 0.29) is 0 Å². The van der Waals surface area contributed by atoms with Gasteiger partial charge in [-0.1, -0.05) is 56.3 Å². The van der Waals surface area contributed by atoms with Crippen molar-refractivity contribution in [2.24, 2.45) is 5.92 Å². The summed E-state index contributed by atoms with van der Waals surface area (Å²) in [5.74, 6) is 1.71. The first kappa shape index (κ1) is 20.0. The second kappa shape index (κ2) is 8.59. The third-order valence-corrected chi connectivity index (χ3v) is 5.83. The van der Waals surface area contributed by atoms with Gasteiger partial charge in [0.15, 0.2) is 0 Å². The maximum atomic E-state index is 9.96. The third kappa shape index (κ3) is 3.76. The Labute approximate surface area is 178 Å². The van der Waals surface area contributed by atoms with Crippen molar-refractivity contribution >= 4 is 22.5 Å². The first-order valence-corrected chi connectivity index (χ1v) is 10.8. The van der Waals surface area contributed by atoms with Crippen molar-refractivity contribution < 1.29 is 4.40 Å². The van der Waals surface area contributed by atoms with E-state index >= 15 is 0 Å². The number of fused-ring (bicyclic) bond motifs is 3. The minimum absolute atomic E-state index is 0.607. The topological polar surface area (TPSA) is 55.7 Å². The van der Waals surface area contributed by atoms with Crippen LogP contribution in [0.3, 0.4) is 0 Å². The molecule has 4 nitrogen and oxygen atoms in total. The van der Waals surface area contributed by atoms with E-state index in [2.05, 4.69) is 90.1 Å². The summed E-state index contributed by atoms with van der Waals surface area (Å²) in [6, 6.07) is 21.3. The molecule has 152 valence electrons. The largest absolute Gasteiger partial charge is 0.305 e. The van der Waals surface area contributed by atoms with Gasteiger partial charge in [-0.15, -0.1) is 0 Å². The van der Waals surface area contributed by atoms with Crippen LogP contribution >= 0.6 is 0 Å². The Kier molecular flexibility index (Phi) is 5.72. The zero-order valence-electron chi connectivity index (χ0n) is 18.0. The van der Waals surface area contributed by atoms with Crippen LogP contribution in [0.5, 0.6) is 0 Å². The highest BCUT2D eigenvalue weighted by Crippen LogP contribution is 2.27. The molecule has 0 atom stereocenters. The number of aromatic nitrogens is 2. The van der Waals surface area contributed by atoms with Gasteiger partial charge in [0.25, 0.3) is 0 Å². The summed E-state index contributed by atoms with van der Waals surface area (Å²) >= 11 is 0. The lowest BCUT2D eigenvalue weighted by molar-refractivity contribution is -0.465. The van der Waals surface area contributed by atoms with Crippen LogP contribution in [0, 0.1) is 24.2 Å². The number of benzene rings is 2. The molecule has 0 saturated carbocycles. The Morgan fingerprint density at radius 3 is 2.50 bits per heavy atom. The van der Waals surface area contributed by atoms with Crippen LogP contribution in [0.25, 0.3) is 16.7 Å². The van der Waals surface area contributed by atoms with Gasteiger partial charge in [-0.2, -0.15) is 9.66 Å². The third-order valence-electron chi connectivity index (χ3n) is 5.83. The van der Waals surface area contributed by atoms with Gasteiger partial charge >= 0.3 is 0 Å². The van der Waals surface area contributed by atoms with Crippen LogP contribution in [0.2, 0.25) is 0 Å². The van der Waals surface area contributed by atoms with Crippen molar-refractivity contribution in [3.8, 4) is 6.07 Å². The minimum atomic E-state index is 0.607. The zero-order chi connectivity index (χ0) is 21.1. The van der Waals surface area contributed by atoms with Crippen LogP contribution in [0.4, 0.5) is 5.82 Å². The highest BCUT2D eigenvalue weighted by Gasteiger charge is 2.25. The Morgan fingerprint density at radius 2 is 1.77 bits per heavy atom. The van der Waals surface area contributed by atoms with Crippen LogP contribution in [0.1, 0.15) is 42.5 Å². The summed E-state index contributed by atoms with van der Waals surface area (Å²) in [5.41, 5.74) is 7.38. The number of nitrogens with zero attached hydrogens (tertiary/aromatic N) is 2. The van der Waals surface area contributed by atoms with Crippen molar-refractivity contribution in [1.82, 2.24) is 4.98 Å². The molecule has 0 bridgehead atoms. The van der Waals surface area contributed by atoms with Gasteiger partial charge in [0.05, 0.1) is 6.54 Å².